The zero-order chi connectivity index (χ0) is 19.8. The van der Waals surface area contributed by atoms with Gasteiger partial charge in [-0.05, 0) is 23.4 Å². The van der Waals surface area contributed by atoms with Crippen molar-refractivity contribution in [3.63, 3.8) is 0 Å². The normalized spacial score (nSPS) is 12.2. The van der Waals surface area contributed by atoms with E-state index in [2.05, 4.69) is 86.9 Å². The average molecular weight is 396 g/mol. The number of aromatic nitrogens is 2. The Hall–Kier alpha value is -2.60. The van der Waals surface area contributed by atoms with Gasteiger partial charge < -0.3 is 15.2 Å². The highest BCUT2D eigenvalue weighted by Gasteiger charge is 2.22. The van der Waals surface area contributed by atoms with E-state index in [9.17, 15) is 0 Å². The van der Waals surface area contributed by atoms with Crippen LogP contribution >= 0.6 is 11.3 Å². The first kappa shape index (κ1) is 20.1. The molecule has 148 valence electrons. The van der Waals surface area contributed by atoms with Crippen LogP contribution in [0.2, 0.25) is 0 Å². The zero-order valence-electron chi connectivity index (χ0n) is 16.9. The monoisotopic (exact) mass is 395 g/mol. The number of hydrogen-bond donors (Lipinski definition) is 2. The van der Waals surface area contributed by atoms with Crippen molar-refractivity contribution in [1.29, 1.82) is 0 Å². The van der Waals surface area contributed by atoms with Gasteiger partial charge in [-0.2, -0.15) is 0 Å². The van der Waals surface area contributed by atoms with E-state index < -0.39 is 0 Å². The first-order valence-corrected chi connectivity index (χ1v) is 10.5. The second kappa shape index (κ2) is 9.55. The van der Waals surface area contributed by atoms with Crippen molar-refractivity contribution in [2.45, 2.75) is 38.8 Å². The van der Waals surface area contributed by atoms with Gasteiger partial charge in [0.25, 0.3) is 0 Å². The number of benzene rings is 1. The molecule has 3 rings (SSSR count). The summed E-state index contributed by atoms with van der Waals surface area (Å²) >= 11 is 1.79. The highest BCUT2D eigenvalue weighted by Crippen LogP contribution is 2.26. The maximum Gasteiger partial charge on any atom is 0.191 e. The Kier molecular flexibility index (Phi) is 6.87. The van der Waals surface area contributed by atoms with Gasteiger partial charge in [-0.15, -0.1) is 11.3 Å². The van der Waals surface area contributed by atoms with Gasteiger partial charge in [0.2, 0.25) is 0 Å². The van der Waals surface area contributed by atoms with Crippen LogP contribution in [0.5, 0.6) is 0 Å². The van der Waals surface area contributed by atoms with Crippen molar-refractivity contribution in [2.24, 2.45) is 4.99 Å². The van der Waals surface area contributed by atoms with Crippen LogP contribution in [0, 0.1) is 0 Å². The lowest BCUT2D eigenvalue weighted by atomic mass is 9.91. The number of hydrogen-bond acceptors (Lipinski definition) is 3. The summed E-state index contributed by atoms with van der Waals surface area (Å²) in [4.78, 5) is 10.2. The molecule has 0 aliphatic carbocycles. The molecule has 6 heteroatoms. The molecule has 0 fully saturated rings. The third-order valence-electron chi connectivity index (χ3n) is 4.81. The minimum atomic E-state index is 0.0555. The SMILES string of the molecule is CN=C(NCc1nccn1CCc1ccccc1)NCC(C)(C)c1cccs1. The van der Waals surface area contributed by atoms with Crippen LogP contribution < -0.4 is 10.6 Å². The molecule has 2 aromatic heterocycles. The van der Waals surface area contributed by atoms with Gasteiger partial charge in [0.15, 0.2) is 5.96 Å². The molecule has 0 saturated carbocycles. The molecule has 0 amide bonds. The van der Waals surface area contributed by atoms with Crippen molar-refractivity contribution in [1.82, 2.24) is 20.2 Å². The van der Waals surface area contributed by atoms with Gasteiger partial charge in [-0.25, -0.2) is 4.98 Å². The Morgan fingerprint density at radius 2 is 1.96 bits per heavy atom. The molecule has 1 aromatic carbocycles. The first-order chi connectivity index (χ1) is 13.6. The fourth-order valence-corrected chi connectivity index (χ4v) is 3.90. The quantitative estimate of drug-likeness (QED) is 0.450. The van der Waals surface area contributed by atoms with Crippen LogP contribution in [0.15, 0.2) is 65.2 Å². The maximum absolute atomic E-state index is 4.50. The summed E-state index contributed by atoms with van der Waals surface area (Å²) in [5.41, 5.74) is 1.39. The van der Waals surface area contributed by atoms with Crippen molar-refractivity contribution in [3.8, 4) is 0 Å². The number of thiophene rings is 1. The van der Waals surface area contributed by atoms with Crippen LogP contribution in [0.4, 0.5) is 0 Å². The molecule has 0 aliphatic rings. The molecule has 2 N–H and O–H groups in total. The molecular weight excluding hydrogens is 366 g/mol. The van der Waals surface area contributed by atoms with E-state index in [-0.39, 0.29) is 5.41 Å². The number of rotatable bonds is 8. The van der Waals surface area contributed by atoms with Crippen LogP contribution in [0.3, 0.4) is 0 Å². The van der Waals surface area contributed by atoms with Gasteiger partial charge in [0.1, 0.15) is 5.82 Å². The fraction of sp³-hybridized carbons (Fsp3) is 0.364. The number of imidazole rings is 1. The van der Waals surface area contributed by atoms with Gasteiger partial charge in [-0.3, -0.25) is 4.99 Å². The van der Waals surface area contributed by atoms with E-state index in [1.807, 2.05) is 12.4 Å². The lowest BCUT2D eigenvalue weighted by molar-refractivity contribution is 0.517. The summed E-state index contributed by atoms with van der Waals surface area (Å²) in [7, 11) is 1.80. The largest absolute Gasteiger partial charge is 0.356 e. The summed E-state index contributed by atoms with van der Waals surface area (Å²) in [5.74, 6) is 1.80. The number of nitrogens with zero attached hydrogens (tertiary/aromatic N) is 3. The average Bonchev–Trinajstić information content (AvgIpc) is 3.40. The molecule has 0 saturated heterocycles. The molecule has 3 aromatic rings. The standard InChI is InChI=1S/C22H29N5S/c1-22(2,19-10-7-15-28-19)17-26-21(23-3)25-16-20-24-12-14-27(20)13-11-18-8-5-4-6-9-18/h4-10,12,14-15H,11,13,16-17H2,1-3H3,(H2,23,25,26). The number of nitrogens with one attached hydrogen (secondary N) is 2. The van der Waals surface area contributed by atoms with Gasteiger partial charge in [0, 0.05) is 42.8 Å². The summed E-state index contributed by atoms with van der Waals surface area (Å²) in [5, 5.41) is 8.96. The molecule has 0 aliphatic heterocycles. The molecule has 0 spiro atoms. The second-order valence-electron chi connectivity index (χ2n) is 7.41. The van der Waals surface area contributed by atoms with Crippen molar-refractivity contribution >= 4 is 17.3 Å². The minimum Gasteiger partial charge on any atom is -0.356 e. The fourth-order valence-electron chi connectivity index (χ4n) is 3.04. The summed E-state index contributed by atoms with van der Waals surface area (Å²) < 4.78 is 2.20. The predicted octanol–water partition coefficient (Wildman–Crippen LogP) is 3.83. The maximum atomic E-state index is 4.50. The van der Waals surface area contributed by atoms with E-state index >= 15 is 0 Å². The Balaban J connectivity index is 1.51. The summed E-state index contributed by atoms with van der Waals surface area (Å²) in [6.07, 6.45) is 4.89. The van der Waals surface area contributed by atoms with E-state index in [0.717, 1.165) is 31.3 Å². The second-order valence-corrected chi connectivity index (χ2v) is 8.36. The first-order valence-electron chi connectivity index (χ1n) is 9.61. The molecule has 28 heavy (non-hydrogen) atoms. The van der Waals surface area contributed by atoms with E-state index in [0.29, 0.717) is 6.54 Å². The van der Waals surface area contributed by atoms with Crippen LogP contribution in [0.1, 0.15) is 30.1 Å². The molecule has 0 bridgehead atoms. The molecule has 5 nitrogen and oxygen atoms in total. The molecule has 0 radical (unpaired) electrons. The van der Waals surface area contributed by atoms with Crippen molar-refractivity contribution in [2.75, 3.05) is 13.6 Å². The Bertz CT molecular complexity index is 865. The van der Waals surface area contributed by atoms with Crippen molar-refractivity contribution in [3.05, 3.63) is 76.5 Å². The molecular formula is C22H29N5S. The van der Waals surface area contributed by atoms with Crippen LogP contribution in [-0.2, 0) is 24.9 Å². The molecule has 2 heterocycles. The number of aryl methyl sites for hydroxylation is 2. The smallest absolute Gasteiger partial charge is 0.191 e. The van der Waals surface area contributed by atoms with E-state index in [4.69, 9.17) is 0 Å². The summed E-state index contributed by atoms with van der Waals surface area (Å²) in [6, 6.07) is 14.8. The summed E-state index contributed by atoms with van der Waals surface area (Å²) in [6.45, 7) is 6.86. The third-order valence-corrected chi connectivity index (χ3v) is 6.05. The van der Waals surface area contributed by atoms with Gasteiger partial charge in [-0.1, -0.05) is 50.2 Å². The topological polar surface area (TPSA) is 54.2 Å². The van der Waals surface area contributed by atoms with Crippen molar-refractivity contribution < 1.29 is 0 Å². The third kappa shape index (κ3) is 5.45. The van der Waals surface area contributed by atoms with Crippen LogP contribution in [0.25, 0.3) is 0 Å². The van der Waals surface area contributed by atoms with E-state index in [1.165, 1.54) is 10.4 Å². The highest BCUT2D eigenvalue weighted by molar-refractivity contribution is 7.10. The Morgan fingerprint density at radius 3 is 2.68 bits per heavy atom. The van der Waals surface area contributed by atoms with Crippen LogP contribution in [-0.4, -0.2) is 29.1 Å². The lowest BCUT2D eigenvalue weighted by Crippen LogP contribution is -2.43. The minimum absolute atomic E-state index is 0.0555. The predicted molar refractivity (Wildman–Crippen MR) is 118 cm³/mol. The molecule has 0 unspecified atom stereocenters. The lowest BCUT2D eigenvalue weighted by Gasteiger charge is -2.25. The molecule has 0 atom stereocenters. The zero-order valence-corrected chi connectivity index (χ0v) is 17.7. The highest BCUT2D eigenvalue weighted by atomic mass is 32.1. The Labute approximate surface area is 171 Å². The van der Waals surface area contributed by atoms with Gasteiger partial charge in [0.05, 0.1) is 6.54 Å². The van der Waals surface area contributed by atoms with Gasteiger partial charge >= 0.3 is 0 Å². The number of guanidine groups is 1. The number of aliphatic imine (C=N–C) groups is 1. The van der Waals surface area contributed by atoms with E-state index in [1.54, 1.807) is 18.4 Å². The Morgan fingerprint density at radius 1 is 1.14 bits per heavy atom.